The summed E-state index contributed by atoms with van der Waals surface area (Å²) in [4.78, 5) is 18.5. The van der Waals surface area contributed by atoms with Crippen molar-refractivity contribution in [3.05, 3.63) is 66.6 Å². The van der Waals surface area contributed by atoms with Gasteiger partial charge in [0.1, 0.15) is 5.69 Å². The highest BCUT2D eigenvalue weighted by Crippen LogP contribution is 2.24. The zero-order valence-electron chi connectivity index (χ0n) is 16.2. The van der Waals surface area contributed by atoms with Crippen molar-refractivity contribution in [2.75, 3.05) is 24.5 Å². The third-order valence-corrected chi connectivity index (χ3v) is 5.28. The Bertz CT molecular complexity index is 1150. The van der Waals surface area contributed by atoms with Crippen LogP contribution in [-0.2, 0) is 11.2 Å². The van der Waals surface area contributed by atoms with E-state index in [-0.39, 0.29) is 12.3 Å². The van der Waals surface area contributed by atoms with Crippen molar-refractivity contribution in [3.63, 3.8) is 0 Å². The minimum Gasteiger partial charge on any atom is -0.356 e. The first-order chi connectivity index (χ1) is 14.8. The Balaban J connectivity index is 1.10. The van der Waals surface area contributed by atoms with Gasteiger partial charge in [0.15, 0.2) is 11.4 Å². The fourth-order valence-electron chi connectivity index (χ4n) is 3.59. The maximum atomic E-state index is 12.3. The van der Waals surface area contributed by atoms with Crippen LogP contribution < -0.4 is 10.2 Å². The van der Waals surface area contributed by atoms with Gasteiger partial charge in [-0.05, 0) is 36.4 Å². The molecule has 1 N–H and O–H groups in total. The van der Waals surface area contributed by atoms with E-state index in [9.17, 15) is 4.79 Å². The van der Waals surface area contributed by atoms with E-state index in [0.717, 1.165) is 35.6 Å². The molecule has 0 unspecified atom stereocenters. The van der Waals surface area contributed by atoms with E-state index in [0.29, 0.717) is 23.7 Å². The maximum Gasteiger partial charge on any atom is 0.226 e. The number of rotatable bonds is 6. The summed E-state index contributed by atoms with van der Waals surface area (Å²) >= 11 is 0. The molecule has 0 bridgehead atoms. The van der Waals surface area contributed by atoms with E-state index >= 15 is 0 Å². The molecule has 0 spiro atoms. The first-order valence-electron chi connectivity index (χ1n) is 9.85. The zero-order chi connectivity index (χ0) is 20.3. The van der Waals surface area contributed by atoms with E-state index in [2.05, 4.69) is 30.6 Å². The van der Waals surface area contributed by atoms with Crippen LogP contribution in [0.3, 0.4) is 0 Å². The number of para-hydroxylation sites is 1. The average Bonchev–Trinajstić information content (AvgIpc) is 3.16. The van der Waals surface area contributed by atoms with Crippen molar-refractivity contribution in [1.29, 1.82) is 0 Å². The fourth-order valence-corrected chi connectivity index (χ4v) is 3.59. The van der Waals surface area contributed by atoms with Crippen LogP contribution in [0.5, 0.6) is 0 Å². The zero-order valence-corrected chi connectivity index (χ0v) is 16.2. The van der Waals surface area contributed by atoms with Gasteiger partial charge in [-0.2, -0.15) is 0 Å². The molecule has 3 aromatic heterocycles. The summed E-state index contributed by atoms with van der Waals surface area (Å²) in [7, 11) is 0. The number of nitrogens with one attached hydrogen (secondary N) is 1. The van der Waals surface area contributed by atoms with Crippen molar-refractivity contribution in [2.24, 2.45) is 5.92 Å². The Hall–Kier alpha value is -3.81. The Morgan fingerprint density at radius 2 is 1.90 bits per heavy atom. The predicted octanol–water partition coefficient (Wildman–Crippen LogP) is 2.47. The molecule has 1 aliphatic heterocycles. The van der Waals surface area contributed by atoms with Gasteiger partial charge in [0.25, 0.3) is 0 Å². The number of fused-ring (bicyclic) bond motifs is 1. The number of hydrogen-bond acceptors (Lipinski definition) is 7. The molecule has 0 aliphatic carbocycles. The number of nitrogens with zero attached hydrogens (tertiary/aromatic N) is 5. The molecule has 0 atom stereocenters. The summed E-state index contributed by atoms with van der Waals surface area (Å²) in [6, 6.07) is 15.3. The first kappa shape index (κ1) is 18.2. The normalized spacial score (nSPS) is 13.9. The van der Waals surface area contributed by atoms with Gasteiger partial charge in [-0.15, -0.1) is 10.2 Å². The molecule has 30 heavy (non-hydrogen) atoms. The van der Waals surface area contributed by atoms with E-state index in [1.807, 2.05) is 48.5 Å². The Labute approximate surface area is 172 Å². The number of amides is 1. The molecule has 1 aliphatic rings. The summed E-state index contributed by atoms with van der Waals surface area (Å²) in [5.74, 6) is 1.20. The van der Waals surface area contributed by atoms with Gasteiger partial charge in [-0.25, -0.2) is 0 Å². The molecule has 8 heteroatoms. The number of hydrogen-bond donors (Lipinski definition) is 1. The van der Waals surface area contributed by atoms with Crippen molar-refractivity contribution in [1.82, 2.24) is 25.7 Å². The molecular weight excluding hydrogens is 380 g/mol. The summed E-state index contributed by atoms with van der Waals surface area (Å²) in [5, 5.41) is 16.5. The Morgan fingerprint density at radius 1 is 1.07 bits per heavy atom. The smallest absolute Gasteiger partial charge is 0.226 e. The van der Waals surface area contributed by atoms with Crippen molar-refractivity contribution >= 4 is 22.7 Å². The number of benzene rings is 1. The quantitative estimate of drug-likeness (QED) is 0.531. The van der Waals surface area contributed by atoms with Crippen LogP contribution in [0.4, 0.5) is 5.82 Å². The van der Waals surface area contributed by atoms with Crippen molar-refractivity contribution in [2.45, 2.75) is 6.42 Å². The van der Waals surface area contributed by atoms with Gasteiger partial charge in [-0.1, -0.05) is 17.3 Å². The highest BCUT2D eigenvalue weighted by molar-refractivity contribution is 5.86. The number of carbonyl (C=O) groups is 1. The standard InChI is InChI=1S/C22H20N6O2/c29-22(11-19-17-3-1-2-4-20(17)30-27-19)24-12-15-13-28(14-15)21-6-5-18(25-26-21)16-7-9-23-10-8-16/h1-10,15H,11-14H2,(H,24,29). The van der Waals surface area contributed by atoms with Crippen LogP contribution in [0.2, 0.25) is 0 Å². The van der Waals surface area contributed by atoms with Crippen molar-refractivity contribution in [3.8, 4) is 11.3 Å². The van der Waals surface area contributed by atoms with Crippen LogP contribution in [0.1, 0.15) is 5.69 Å². The predicted molar refractivity (Wildman–Crippen MR) is 112 cm³/mol. The van der Waals surface area contributed by atoms with Gasteiger partial charge >= 0.3 is 0 Å². The minimum atomic E-state index is -0.0472. The molecule has 1 aromatic carbocycles. The molecule has 1 fully saturated rings. The van der Waals surface area contributed by atoms with E-state index in [1.165, 1.54) is 0 Å². The lowest BCUT2D eigenvalue weighted by Crippen LogP contribution is -2.52. The van der Waals surface area contributed by atoms with E-state index < -0.39 is 0 Å². The number of aromatic nitrogens is 4. The SMILES string of the molecule is O=C(Cc1noc2ccccc12)NCC1CN(c2ccc(-c3ccncc3)nn2)C1. The largest absolute Gasteiger partial charge is 0.356 e. The molecule has 1 amide bonds. The molecular formula is C22H20N6O2. The molecule has 0 radical (unpaired) electrons. The van der Waals surface area contributed by atoms with Crippen LogP contribution in [0.15, 0.2) is 65.4 Å². The van der Waals surface area contributed by atoms with Gasteiger partial charge in [0, 0.05) is 48.9 Å². The molecule has 5 rings (SSSR count). The first-order valence-corrected chi connectivity index (χ1v) is 9.85. The van der Waals surface area contributed by atoms with Gasteiger partial charge in [0.2, 0.25) is 5.91 Å². The second-order valence-electron chi connectivity index (χ2n) is 7.39. The monoisotopic (exact) mass is 400 g/mol. The second kappa shape index (κ2) is 7.90. The summed E-state index contributed by atoms with van der Waals surface area (Å²) in [5.41, 5.74) is 3.19. The summed E-state index contributed by atoms with van der Waals surface area (Å²) in [6.45, 7) is 2.32. The maximum absolute atomic E-state index is 12.3. The number of anilines is 1. The third kappa shape index (κ3) is 3.71. The molecule has 1 saturated heterocycles. The molecule has 4 aromatic rings. The fraction of sp³-hybridized carbons (Fsp3) is 0.227. The second-order valence-corrected chi connectivity index (χ2v) is 7.39. The Kier molecular flexibility index (Phi) is 4.80. The van der Waals surface area contributed by atoms with E-state index in [4.69, 9.17) is 4.52 Å². The summed E-state index contributed by atoms with van der Waals surface area (Å²) < 4.78 is 5.25. The summed E-state index contributed by atoms with van der Waals surface area (Å²) in [6.07, 6.45) is 3.70. The lowest BCUT2D eigenvalue weighted by atomic mass is 10.00. The third-order valence-electron chi connectivity index (χ3n) is 5.28. The minimum absolute atomic E-state index is 0.0472. The molecule has 0 saturated carbocycles. The number of pyridine rings is 1. The molecule has 4 heterocycles. The topological polar surface area (TPSA) is 97.0 Å². The Morgan fingerprint density at radius 3 is 2.70 bits per heavy atom. The van der Waals surface area contributed by atoms with Crippen LogP contribution in [0, 0.1) is 5.92 Å². The lowest BCUT2D eigenvalue weighted by Gasteiger charge is -2.39. The van der Waals surface area contributed by atoms with Gasteiger partial charge in [-0.3, -0.25) is 9.78 Å². The highest BCUT2D eigenvalue weighted by Gasteiger charge is 2.28. The van der Waals surface area contributed by atoms with Crippen molar-refractivity contribution < 1.29 is 9.32 Å². The molecule has 150 valence electrons. The highest BCUT2D eigenvalue weighted by atomic mass is 16.5. The van der Waals surface area contributed by atoms with Crippen LogP contribution in [0.25, 0.3) is 22.2 Å². The number of carbonyl (C=O) groups excluding carboxylic acids is 1. The van der Waals surface area contributed by atoms with E-state index in [1.54, 1.807) is 12.4 Å². The lowest BCUT2D eigenvalue weighted by molar-refractivity contribution is -0.120. The van der Waals surface area contributed by atoms with Crippen LogP contribution in [-0.4, -0.2) is 45.9 Å². The van der Waals surface area contributed by atoms with Gasteiger partial charge < -0.3 is 14.7 Å². The molecule has 8 nitrogen and oxygen atoms in total. The average molecular weight is 400 g/mol. The van der Waals surface area contributed by atoms with Crippen LogP contribution >= 0.6 is 0 Å². The van der Waals surface area contributed by atoms with Gasteiger partial charge in [0.05, 0.1) is 12.1 Å².